The molecule has 132 valence electrons. The number of aryl methyl sites for hydroxylation is 1. The van der Waals surface area contributed by atoms with Crippen LogP contribution >= 0.6 is 0 Å². The monoisotopic (exact) mass is 351 g/mol. The van der Waals surface area contributed by atoms with Crippen molar-refractivity contribution in [3.05, 3.63) is 35.8 Å². The van der Waals surface area contributed by atoms with Gasteiger partial charge in [0.15, 0.2) is 11.2 Å². The average molecular weight is 351 g/mol. The van der Waals surface area contributed by atoms with E-state index in [-0.39, 0.29) is 6.61 Å². The molecule has 2 aromatic heterocycles. The van der Waals surface area contributed by atoms with Crippen molar-refractivity contribution >= 4 is 28.6 Å². The molecule has 0 spiro atoms. The molecule has 0 aliphatic carbocycles. The maximum Gasteiger partial charge on any atom is 0.326 e. The van der Waals surface area contributed by atoms with Crippen LogP contribution in [0.15, 0.2) is 24.5 Å². The van der Waals surface area contributed by atoms with Gasteiger partial charge in [0.25, 0.3) is 0 Å². The zero-order valence-electron chi connectivity index (χ0n) is 14.6. The van der Waals surface area contributed by atoms with E-state index in [1.807, 2.05) is 13.0 Å². The van der Waals surface area contributed by atoms with Gasteiger partial charge in [0, 0.05) is 16.9 Å². The van der Waals surface area contributed by atoms with Crippen LogP contribution in [0.4, 0.5) is 5.69 Å². The summed E-state index contributed by atoms with van der Waals surface area (Å²) in [6.07, 6.45) is 1.48. The van der Waals surface area contributed by atoms with Crippen molar-refractivity contribution in [2.45, 2.75) is 26.2 Å². The molecule has 1 unspecified atom stereocenters. The Bertz CT molecular complexity index is 1060. The Labute approximate surface area is 149 Å². The molecule has 0 saturated carbocycles. The minimum atomic E-state index is -1.38. The van der Waals surface area contributed by atoms with Crippen molar-refractivity contribution in [1.29, 1.82) is 0 Å². The van der Waals surface area contributed by atoms with E-state index < -0.39 is 17.3 Å². The maximum absolute atomic E-state index is 12.4. The predicted octanol–water partition coefficient (Wildman–Crippen LogP) is 2.10. The molecule has 2 N–H and O–H groups in total. The lowest BCUT2D eigenvalue weighted by molar-refractivity contribution is -0.152. The van der Waals surface area contributed by atoms with Gasteiger partial charge in [-0.05, 0) is 39.0 Å². The van der Waals surface area contributed by atoms with Crippen LogP contribution in [0.25, 0.3) is 22.6 Å². The minimum absolute atomic E-state index is 0.209. The number of fused-ring (bicyclic) bond motifs is 2. The van der Waals surface area contributed by atoms with Crippen molar-refractivity contribution < 1.29 is 14.3 Å². The summed E-state index contributed by atoms with van der Waals surface area (Å²) < 4.78 is 5.11. The van der Waals surface area contributed by atoms with Gasteiger partial charge in [-0.1, -0.05) is 0 Å². The van der Waals surface area contributed by atoms with E-state index in [2.05, 4.69) is 25.3 Å². The van der Waals surface area contributed by atoms with Gasteiger partial charge in [0.2, 0.25) is 5.91 Å². The van der Waals surface area contributed by atoms with Crippen LogP contribution in [0.2, 0.25) is 0 Å². The molecule has 1 aliphatic rings. The third kappa shape index (κ3) is 2.26. The summed E-state index contributed by atoms with van der Waals surface area (Å²) in [6, 6.07) is 5.35. The van der Waals surface area contributed by atoms with E-state index in [1.165, 1.54) is 6.33 Å². The zero-order valence-corrected chi connectivity index (χ0v) is 14.6. The molecule has 1 amide bonds. The molecule has 1 atom stereocenters. The Balaban J connectivity index is 1.84. The first-order valence-electron chi connectivity index (χ1n) is 8.25. The van der Waals surface area contributed by atoms with Crippen LogP contribution in [-0.2, 0) is 19.7 Å². The molecule has 1 aliphatic heterocycles. The van der Waals surface area contributed by atoms with E-state index in [0.29, 0.717) is 33.8 Å². The lowest BCUT2D eigenvalue weighted by atomic mass is 9.83. The van der Waals surface area contributed by atoms with E-state index in [9.17, 15) is 9.59 Å². The number of ether oxygens (including phenoxy) is 1. The summed E-state index contributed by atoms with van der Waals surface area (Å²) in [5.74, 6) is -0.370. The quantitative estimate of drug-likeness (QED) is 0.552. The van der Waals surface area contributed by atoms with Crippen molar-refractivity contribution in [2.24, 2.45) is 0 Å². The highest BCUT2D eigenvalue weighted by Crippen LogP contribution is 2.40. The van der Waals surface area contributed by atoms with Gasteiger partial charge in [-0.2, -0.15) is 0 Å². The number of benzene rings is 1. The van der Waals surface area contributed by atoms with E-state index >= 15 is 0 Å². The second-order valence-electron chi connectivity index (χ2n) is 6.34. The minimum Gasteiger partial charge on any atom is -0.465 e. The van der Waals surface area contributed by atoms with Crippen LogP contribution in [0, 0.1) is 6.92 Å². The van der Waals surface area contributed by atoms with Crippen molar-refractivity contribution in [2.75, 3.05) is 11.9 Å². The number of rotatable bonds is 3. The summed E-state index contributed by atoms with van der Waals surface area (Å²) in [7, 11) is 0. The van der Waals surface area contributed by atoms with Crippen LogP contribution in [-0.4, -0.2) is 38.4 Å². The fourth-order valence-electron chi connectivity index (χ4n) is 3.13. The summed E-state index contributed by atoms with van der Waals surface area (Å²) >= 11 is 0. The van der Waals surface area contributed by atoms with Gasteiger partial charge >= 0.3 is 5.97 Å². The van der Waals surface area contributed by atoms with Gasteiger partial charge in [0.1, 0.15) is 12.0 Å². The Morgan fingerprint density at radius 2 is 2.08 bits per heavy atom. The predicted molar refractivity (Wildman–Crippen MR) is 94.5 cm³/mol. The number of carbonyl (C=O) groups is 2. The first-order chi connectivity index (χ1) is 12.4. The Kier molecular flexibility index (Phi) is 3.50. The molecular formula is C18H17N5O3. The lowest BCUT2D eigenvalue weighted by Gasteiger charge is -2.19. The molecule has 8 nitrogen and oxygen atoms in total. The summed E-state index contributed by atoms with van der Waals surface area (Å²) in [4.78, 5) is 40.9. The standard InChI is InChI=1S/C18H17N5O3/c1-4-26-17(25)18(3)10-6-12-13(7-11(10)23-16(18)24)22-15(21-12)14-5-9(2)19-8-20-14/h5-8H,4H2,1-3H3,(H,21,22)(H,23,24). The van der Waals surface area contributed by atoms with Gasteiger partial charge in [-0.15, -0.1) is 0 Å². The van der Waals surface area contributed by atoms with Crippen LogP contribution in [0.1, 0.15) is 25.1 Å². The number of amides is 1. The molecule has 0 bridgehead atoms. The molecule has 0 fully saturated rings. The number of nitrogens with zero attached hydrogens (tertiary/aromatic N) is 3. The topological polar surface area (TPSA) is 110 Å². The Morgan fingerprint density at radius 3 is 2.81 bits per heavy atom. The van der Waals surface area contributed by atoms with Gasteiger partial charge in [-0.3, -0.25) is 9.59 Å². The van der Waals surface area contributed by atoms with Crippen LogP contribution < -0.4 is 5.32 Å². The molecule has 4 rings (SSSR count). The van der Waals surface area contributed by atoms with E-state index in [4.69, 9.17) is 4.74 Å². The fourth-order valence-corrected chi connectivity index (χ4v) is 3.13. The number of hydrogen-bond donors (Lipinski definition) is 2. The van der Waals surface area contributed by atoms with Crippen molar-refractivity contribution in [3.8, 4) is 11.5 Å². The first-order valence-corrected chi connectivity index (χ1v) is 8.25. The molecule has 0 radical (unpaired) electrons. The number of carbonyl (C=O) groups excluding carboxylic acids is 2. The number of esters is 1. The number of H-pyrrole nitrogens is 1. The first kappa shape index (κ1) is 16.2. The van der Waals surface area contributed by atoms with Crippen LogP contribution in [0.5, 0.6) is 0 Å². The smallest absolute Gasteiger partial charge is 0.326 e. The highest BCUT2D eigenvalue weighted by molar-refractivity contribution is 6.19. The molecule has 8 heteroatoms. The summed E-state index contributed by atoms with van der Waals surface area (Å²) in [5, 5.41) is 2.76. The number of anilines is 1. The Hall–Kier alpha value is -3.29. The lowest BCUT2D eigenvalue weighted by Crippen LogP contribution is -2.40. The fraction of sp³-hybridized carbons (Fsp3) is 0.278. The van der Waals surface area contributed by atoms with E-state index in [0.717, 1.165) is 5.69 Å². The van der Waals surface area contributed by atoms with Crippen molar-refractivity contribution in [3.63, 3.8) is 0 Å². The number of aromatic nitrogens is 4. The molecule has 26 heavy (non-hydrogen) atoms. The number of hydrogen-bond acceptors (Lipinski definition) is 6. The Morgan fingerprint density at radius 1 is 1.27 bits per heavy atom. The molecular weight excluding hydrogens is 334 g/mol. The highest BCUT2D eigenvalue weighted by atomic mass is 16.5. The second-order valence-corrected chi connectivity index (χ2v) is 6.34. The van der Waals surface area contributed by atoms with E-state index in [1.54, 1.807) is 26.0 Å². The SMILES string of the molecule is CCOC(=O)C1(C)C(=O)Nc2cc3nc(-c4cc(C)ncn4)[nH]c3cc21. The second kappa shape index (κ2) is 5.62. The summed E-state index contributed by atoms with van der Waals surface area (Å²) in [6.45, 7) is 5.37. The van der Waals surface area contributed by atoms with Gasteiger partial charge in [-0.25, -0.2) is 15.0 Å². The normalized spacial score (nSPS) is 18.7. The largest absolute Gasteiger partial charge is 0.465 e. The zero-order chi connectivity index (χ0) is 18.5. The number of imidazole rings is 1. The molecule has 0 saturated heterocycles. The van der Waals surface area contributed by atoms with Gasteiger partial charge < -0.3 is 15.0 Å². The third-order valence-corrected chi connectivity index (χ3v) is 4.59. The van der Waals surface area contributed by atoms with Gasteiger partial charge in [0.05, 0.1) is 17.6 Å². The maximum atomic E-state index is 12.4. The average Bonchev–Trinajstić information content (AvgIpc) is 3.13. The molecule has 1 aromatic carbocycles. The third-order valence-electron chi connectivity index (χ3n) is 4.59. The van der Waals surface area contributed by atoms with Crippen molar-refractivity contribution in [1.82, 2.24) is 19.9 Å². The molecule has 3 heterocycles. The molecule has 3 aromatic rings. The van der Waals surface area contributed by atoms with Crippen LogP contribution in [0.3, 0.4) is 0 Å². The number of aromatic amines is 1. The summed E-state index contributed by atoms with van der Waals surface area (Å²) in [5.41, 5.74) is 2.64. The highest BCUT2D eigenvalue weighted by Gasteiger charge is 2.50. The number of nitrogens with one attached hydrogen (secondary N) is 2.